The Balaban J connectivity index is 1.59. The van der Waals surface area contributed by atoms with Gasteiger partial charge in [-0.05, 0) is 18.8 Å². The standard InChI is InChI=1S/C15H16F3N5O2/c16-15(17,18)12-5-13(24)23(9-21-12)7-10-1-3-22(4-2-10)14(25)11-6-19-8-20-11/h5-6,8-10H,1-4,7H2,(H,19,20). The highest BCUT2D eigenvalue weighted by molar-refractivity contribution is 5.92. The normalized spacial score (nSPS) is 16.2. The first-order chi connectivity index (χ1) is 11.8. The Morgan fingerprint density at radius 3 is 2.60 bits per heavy atom. The Kier molecular flexibility index (Phi) is 4.60. The number of aromatic nitrogens is 4. The summed E-state index contributed by atoms with van der Waals surface area (Å²) < 4.78 is 38.8. The molecule has 0 radical (unpaired) electrons. The Labute approximate surface area is 140 Å². The number of nitrogens with zero attached hydrogens (tertiary/aromatic N) is 4. The van der Waals surface area contributed by atoms with E-state index in [0.717, 1.165) is 6.33 Å². The summed E-state index contributed by atoms with van der Waals surface area (Å²) in [4.78, 5) is 35.6. The van der Waals surface area contributed by atoms with E-state index in [1.807, 2.05) is 0 Å². The fraction of sp³-hybridized carbons (Fsp3) is 0.467. The van der Waals surface area contributed by atoms with Crippen molar-refractivity contribution in [1.82, 2.24) is 24.4 Å². The maximum atomic E-state index is 12.5. The maximum Gasteiger partial charge on any atom is 0.433 e. The van der Waals surface area contributed by atoms with Crippen LogP contribution in [-0.2, 0) is 12.7 Å². The molecule has 1 aliphatic rings. The number of hydrogen-bond acceptors (Lipinski definition) is 4. The molecule has 134 valence electrons. The van der Waals surface area contributed by atoms with Crippen molar-refractivity contribution in [1.29, 1.82) is 0 Å². The minimum absolute atomic E-state index is 0.0991. The van der Waals surface area contributed by atoms with Crippen LogP contribution >= 0.6 is 0 Å². The third kappa shape index (κ3) is 3.89. The topological polar surface area (TPSA) is 83.9 Å². The van der Waals surface area contributed by atoms with E-state index in [1.54, 1.807) is 4.90 Å². The molecular weight excluding hydrogens is 339 g/mol. The molecule has 10 heteroatoms. The van der Waals surface area contributed by atoms with Gasteiger partial charge in [-0.1, -0.05) is 0 Å². The van der Waals surface area contributed by atoms with Gasteiger partial charge in [0.25, 0.3) is 11.5 Å². The van der Waals surface area contributed by atoms with Gasteiger partial charge in [0.15, 0.2) is 5.69 Å². The van der Waals surface area contributed by atoms with Crippen molar-refractivity contribution in [2.75, 3.05) is 13.1 Å². The van der Waals surface area contributed by atoms with Crippen molar-refractivity contribution in [3.05, 3.63) is 46.7 Å². The zero-order valence-corrected chi connectivity index (χ0v) is 13.2. The molecule has 0 spiro atoms. The Morgan fingerprint density at radius 2 is 2.04 bits per heavy atom. The molecule has 0 atom stereocenters. The lowest BCUT2D eigenvalue weighted by Crippen LogP contribution is -2.40. The zero-order valence-electron chi connectivity index (χ0n) is 13.2. The van der Waals surface area contributed by atoms with Crippen LogP contribution in [0.1, 0.15) is 29.0 Å². The predicted octanol–water partition coefficient (Wildman–Crippen LogP) is 1.54. The molecule has 1 saturated heterocycles. The number of rotatable bonds is 3. The molecule has 1 amide bonds. The molecule has 0 saturated carbocycles. The number of alkyl halides is 3. The lowest BCUT2D eigenvalue weighted by molar-refractivity contribution is -0.141. The van der Waals surface area contributed by atoms with Gasteiger partial charge in [-0.15, -0.1) is 0 Å². The molecular formula is C15H16F3N5O2. The van der Waals surface area contributed by atoms with E-state index in [-0.39, 0.29) is 18.4 Å². The third-order valence-electron chi connectivity index (χ3n) is 4.26. The van der Waals surface area contributed by atoms with Crippen LogP contribution in [0.2, 0.25) is 0 Å². The van der Waals surface area contributed by atoms with Crippen LogP contribution in [0.4, 0.5) is 13.2 Å². The van der Waals surface area contributed by atoms with Gasteiger partial charge in [0.05, 0.1) is 18.9 Å². The summed E-state index contributed by atoms with van der Waals surface area (Å²) in [6, 6.07) is 0.511. The zero-order chi connectivity index (χ0) is 18.0. The van der Waals surface area contributed by atoms with E-state index >= 15 is 0 Å². The summed E-state index contributed by atoms with van der Waals surface area (Å²) >= 11 is 0. The number of imidazole rings is 1. The molecule has 3 heterocycles. The average Bonchev–Trinajstić information content (AvgIpc) is 3.10. The van der Waals surface area contributed by atoms with Crippen LogP contribution in [0.25, 0.3) is 0 Å². The van der Waals surface area contributed by atoms with Crippen molar-refractivity contribution in [2.24, 2.45) is 5.92 Å². The van der Waals surface area contributed by atoms with E-state index in [9.17, 15) is 22.8 Å². The number of aromatic amines is 1. The number of H-pyrrole nitrogens is 1. The van der Waals surface area contributed by atoms with Gasteiger partial charge in [0.2, 0.25) is 0 Å². The molecule has 1 N–H and O–H groups in total. The predicted molar refractivity (Wildman–Crippen MR) is 80.7 cm³/mol. The van der Waals surface area contributed by atoms with Gasteiger partial charge in [0.1, 0.15) is 5.69 Å². The van der Waals surface area contributed by atoms with Crippen LogP contribution in [0, 0.1) is 5.92 Å². The number of carbonyl (C=O) groups excluding carboxylic acids is 1. The van der Waals surface area contributed by atoms with Gasteiger partial charge in [-0.25, -0.2) is 9.97 Å². The molecule has 25 heavy (non-hydrogen) atoms. The average molecular weight is 355 g/mol. The second kappa shape index (κ2) is 6.69. The Hall–Kier alpha value is -2.65. The first-order valence-corrected chi connectivity index (χ1v) is 7.76. The summed E-state index contributed by atoms with van der Waals surface area (Å²) in [7, 11) is 0. The second-order valence-electron chi connectivity index (χ2n) is 5.96. The fourth-order valence-electron chi connectivity index (χ4n) is 2.86. The monoisotopic (exact) mass is 355 g/mol. The first-order valence-electron chi connectivity index (χ1n) is 7.76. The summed E-state index contributed by atoms with van der Waals surface area (Å²) in [6.07, 6.45) is 0.524. The van der Waals surface area contributed by atoms with Crippen LogP contribution in [-0.4, -0.2) is 43.4 Å². The van der Waals surface area contributed by atoms with Crippen molar-refractivity contribution in [3.63, 3.8) is 0 Å². The lowest BCUT2D eigenvalue weighted by atomic mass is 9.96. The van der Waals surface area contributed by atoms with Gasteiger partial charge in [-0.2, -0.15) is 13.2 Å². The van der Waals surface area contributed by atoms with Crippen LogP contribution in [0.5, 0.6) is 0 Å². The fourth-order valence-corrected chi connectivity index (χ4v) is 2.86. The first kappa shape index (κ1) is 17.2. The molecule has 2 aromatic heterocycles. The number of nitrogens with one attached hydrogen (secondary N) is 1. The van der Waals surface area contributed by atoms with Gasteiger partial charge >= 0.3 is 6.18 Å². The van der Waals surface area contributed by atoms with Gasteiger partial charge < -0.3 is 9.88 Å². The van der Waals surface area contributed by atoms with Crippen molar-refractivity contribution in [3.8, 4) is 0 Å². The lowest BCUT2D eigenvalue weighted by Gasteiger charge is -2.31. The molecule has 1 fully saturated rings. The van der Waals surface area contributed by atoms with E-state index < -0.39 is 17.4 Å². The minimum atomic E-state index is -4.63. The Bertz CT molecular complexity index is 792. The van der Waals surface area contributed by atoms with E-state index in [2.05, 4.69) is 15.0 Å². The van der Waals surface area contributed by atoms with E-state index in [0.29, 0.717) is 37.7 Å². The molecule has 0 unspecified atom stereocenters. The van der Waals surface area contributed by atoms with Crippen molar-refractivity contribution >= 4 is 5.91 Å². The van der Waals surface area contributed by atoms with Gasteiger partial charge in [-0.3, -0.25) is 14.2 Å². The number of likely N-dealkylation sites (tertiary alicyclic amines) is 1. The molecule has 7 nitrogen and oxygen atoms in total. The number of amides is 1. The molecule has 0 aliphatic carbocycles. The van der Waals surface area contributed by atoms with E-state index in [1.165, 1.54) is 17.1 Å². The summed E-state index contributed by atoms with van der Waals surface area (Å²) in [5.41, 5.74) is -1.49. The summed E-state index contributed by atoms with van der Waals surface area (Å²) in [5, 5.41) is 0. The van der Waals surface area contributed by atoms with Crippen molar-refractivity contribution < 1.29 is 18.0 Å². The minimum Gasteiger partial charge on any atom is -0.341 e. The highest BCUT2D eigenvalue weighted by Crippen LogP contribution is 2.26. The summed E-state index contributed by atoms with van der Waals surface area (Å²) in [6.45, 7) is 1.33. The van der Waals surface area contributed by atoms with E-state index in [4.69, 9.17) is 0 Å². The SMILES string of the molecule is O=C(c1cnc[nH]1)N1CCC(Cn2cnc(C(F)(F)F)cc2=O)CC1. The second-order valence-corrected chi connectivity index (χ2v) is 5.96. The van der Waals surface area contributed by atoms with Crippen LogP contribution in [0.15, 0.2) is 29.7 Å². The highest BCUT2D eigenvalue weighted by Gasteiger charge is 2.33. The highest BCUT2D eigenvalue weighted by atomic mass is 19.4. The largest absolute Gasteiger partial charge is 0.433 e. The van der Waals surface area contributed by atoms with Crippen LogP contribution in [0.3, 0.4) is 0 Å². The molecule has 0 bridgehead atoms. The maximum absolute atomic E-state index is 12.5. The quantitative estimate of drug-likeness (QED) is 0.905. The smallest absolute Gasteiger partial charge is 0.341 e. The number of hydrogen-bond donors (Lipinski definition) is 1. The Morgan fingerprint density at radius 1 is 1.32 bits per heavy atom. The number of piperidine rings is 1. The third-order valence-corrected chi connectivity index (χ3v) is 4.26. The van der Waals surface area contributed by atoms with Gasteiger partial charge in [0, 0.05) is 25.7 Å². The molecule has 0 aromatic carbocycles. The molecule has 3 rings (SSSR count). The molecule has 2 aromatic rings. The van der Waals surface area contributed by atoms with Crippen molar-refractivity contribution in [2.45, 2.75) is 25.6 Å². The molecule has 1 aliphatic heterocycles. The summed E-state index contributed by atoms with van der Waals surface area (Å²) in [5.74, 6) is -0.0358. The number of halogens is 3. The van der Waals surface area contributed by atoms with Crippen LogP contribution < -0.4 is 5.56 Å². The number of carbonyl (C=O) groups is 1.